The van der Waals surface area contributed by atoms with Crippen LogP contribution in [0.25, 0.3) is 11.0 Å². The minimum atomic E-state index is -3.45. The fraction of sp³-hybridized carbons (Fsp3) is 0.500. The van der Waals surface area contributed by atoms with E-state index in [1.807, 2.05) is 6.07 Å². The Balaban J connectivity index is 2.37. The van der Waals surface area contributed by atoms with Crippen LogP contribution in [0.3, 0.4) is 0 Å². The molecule has 0 unspecified atom stereocenters. The third-order valence-corrected chi connectivity index (χ3v) is 7.51. The Morgan fingerprint density at radius 3 is 2.57 bits per heavy atom. The van der Waals surface area contributed by atoms with Crippen LogP contribution < -0.4 is 0 Å². The van der Waals surface area contributed by atoms with E-state index in [1.54, 1.807) is 10.6 Å². The molecule has 23 heavy (non-hydrogen) atoms. The highest BCUT2D eigenvalue weighted by Crippen LogP contribution is 2.27. The largest absolute Gasteiger partial charge is 0.361 e. The highest BCUT2D eigenvalue weighted by molar-refractivity contribution is 14.1. The number of rotatable bonds is 6. The summed E-state index contributed by atoms with van der Waals surface area (Å²) >= 11 is 8.22. The number of halogens is 2. The number of fused-ring (bicyclic) bond motifs is 1. The number of hydrogen-bond donors (Lipinski definition) is 0. The molecule has 5 nitrogen and oxygen atoms in total. The van der Waals surface area contributed by atoms with Gasteiger partial charge in [0, 0.05) is 24.5 Å². The molecular weight excluding hydrogens is 467 g/mol. The zero-order chi connectivity index (χ0) is 17.4. The van der Waals surface area contributed by atoms with Gasteiger partial charge in [-0.25, -0.2) is 13.4 Å². The fourth-order valence-corrected chi connectivity index (χ4v) is 4.22. The first-order valence-electron chi connectivity index (χ1n) is 7.12. The zero-order valence-corrected chi connectivity index (χ0v) is 18.3. The molecule has 0 aliphatic carbocycles. The summed E-state index contributed by atoms with van der Waals surface area (Å²) in [5.74, 6) is 0. The summed E-state index contributed by atoms with van der Waals surface area (Å²) in [4.78, 5) is 4.23. The molecule has 9 heteroatoms. The van der Waals surface area contributed by atoms with Crippen LogP contribution in [0.15, 0.2) is 17.3 Å². The van der Waals surface area contributed by atoms with E-state index in [0.717, 1.165) is 15.9 Å². The number of sulfone groups is 1. The molecule has 0 bridgehead atoms. The maximum absolute atomic E-state index is 12.0. The number of imidazole rings is 1. The Kier molecular flexibility index (Phi) is 5.82. The maximum Gasteiger partial charge on any atom is 0.230 e. The van der Waals surface area contributed by atoms with Crippen molar-refractivity contribution in [1.29, 1.82) is 0 Å². The molecule has 1 aromatic carbocycles. The van der Waals surface area contributed by atoms with Crippen molar-refractivity contribution in [1.82, 2.24) is 9.55 Å². The van der Waals surface area contributed by atoms with E-state index in [0.29, 0.717) is 22.7 Å². The topological polar surface area (TPSA) is 61.2 Å². The van der Waals surface area contributed by atoms with Crippen molar-refractivity contribution in [2.75, 3.05) is 12.9 Å². The lowest BCUT2D eigenvalue weighted by Crippen LogP contribution is -2.22. The second-order valence-corrected chi connectivity index (χ2v) is 15.8. The van der Waals surface area contributed by atoms with Gasteiger partial charge in [0.25, 0.3) is 0 Å². The van der Waals surface area contributed by atoms with Crippen LogP contribution in [0, 0.1) is 3.57 Å². The molecule has 0 aliphatic heterocycles. The average molecular weight is 487 g/mol. The van der Waals surface area contributed by atoms with E-state index < -0.39 is 17.9 Å². The Morgan fingerprint density at radius 2 is 2.00 bits per heavy atom. The van der Waals surface area contributed by atoms with Gasteiger partial charge in [0.2, 0.25) is 15.0 Å². The molecule has 2 rings (SSSR count). The van der Waals surface area contributed by atoms with Crippen molar-refractivity contribution in [3.8, 4) is 0 Å². The number of nitrogens with zero attached hydrogens (tertiary/aromatic N) is 2. The van der Waals surface area contributed by atoms with E-state index in [-0.39, 0.29) is 11.9 Å². The Morgan fingerprint density at radius 1 is 1.35 bits per heavy atom. The van der Waals surface area contributed by atoms with Crippen molar-refractivity contribution >= 4 is 63.1 Å². The van der Waals surface area contributed by atoms with Crippen LogP contribution >= 0.6 is 34.2 Å². The van der Waals surface area contributed by atoms with Crippen molar-refractivity contribution < 1.29 is 13.2 Å². The summed E-state index contributed by atoms with van der Waals surface area (Å²) in [7, 11) is -4.64. The summed E-state index contributed by atoms with van der Waals surface area (Å²) in [5.41, 5.74) is 1.27. The molecule has 1 aromatic heterocycles. The van der Waals surface area contributed by atoms with Gasteiger partial charge >= 0.3 is 0 Å². The van der Waals surface area contributed by atoms with Crippen molar-refractivity contribution in [2.24, 2.45) is 0 Å². The predicted molar refractivity (Wildman–Crippen MR) is 105 cm³/mol. The van der Waals surface area contributed by atoms with E-state index in [2.05, 4.69) is 47.2 Å². The van der Waals surface area contributed by atoms with Crippen molar-refractivity contribution in [3.63, 3.8) is 0 Å². The predicted octanol–water partition coefficient (Wildman–Crippen LogP) is 4.01. The average Bonchev–Trinajstić information content (AvgIpc) is 2.72. The van der Waals surface area contributed by atoms with Gasteiger partial charge in [0.05, 0.1) is 16.1 Å². The number of ether oxygens (including phenoxy) is 1. The first kappa shape index (κ1) is 19.2. The summed E-state index contributed by atoms with van der Waals surface area (Å²) in [5, 5.41) is 0.570. The molecule has 0 spiro atoms. The lowest BCUT2D eigenvalue weighted by molar-refractivity contribution is 0.0838. The molecule has 0 saturated heterocycles. The van der Waals surface area contributed by atoms with Crippen LogP contribution in [0.1, 0.15) is 0 Å². The zero-order valence-electron chi connectivity index (χ0n) is 13.6. The smallest absolute Gasteiger partial charge is 0.230 e. The summed E-state index contributed by atoms with van der Waals surface area (Å²) in [6.07, 6.45) is 1.15. The second-order valence-electron chi connectivity index (χ2n) is 6.70. The normalized spacial score (nSPS) is 13.0. The Labute approximate surface area is 156 Å². The van der Waals surface area contributed by atoms with Gasteiger partial charge in [-0.15, -0.1) is 0 Å². The van der Waals surface area contributed by atoms with E-state index in [4.69, 9.17) is 16.3 Å². The van der Waals surface area contributed by atoms with Gasteiger partial charge in [-0.3, -0.25) is 4.57 Å². The molecule has 2 aromatic rings. The fourth-order valence-electron chi connectivity index (χ4n) is 2.04. The lowest BCUT2D eigenvalue weighted by Gasteiger charge is -2.16. The van der Waals surface area contributed by atoms with Gasteiger partial charge in [-0.2, -0.15) is 0 Å². The second kappa shape index (κ2) is 6.99. The van der Waals surface area contributed by atoms with Gasteiger partial charge in [0.1, 0.15) is 6.73 Å². The molecule has 0 amide bonds. The first-order chi connectivity index (χ1) is 10.5. The van der Waals surface area contributed by atoms with Gasteiger partial charge in [-0.1, -0.05) is 31.2 Å². The molecule has 0 N–H and O–H groups in total. The van der Waals surface area contributed by atoms with Crippen LogP contribution in [0.4, 0.5) is 0 Å². The van der Waals surface area contributed by atoms with Crippen molar-refractivity contribution in [2.45, 2.75) is 37.6 Å². The van der Waals surface area contributed by atoms with Crippen LogP contribution in [-0.4, -0.2) is 38.9 Å². The molecule has 1 heterocycles. The molecular formula is C14H20ClIN2O3SSi. The third kappa shape index (κ3) is 4.91. The molecule has 128 valence electrons. The van der Waals surface area contributed by atoms with Crippen LogP contribution in [0.2, 0.25) is 30.7 Å². The maximum atomic E-state index is 12.0. The SMILES string of the molecule is C[Si](C)(C)CCOCn1c(S(C)(=O)=O)nc2cc(Cl)c(I)cc21. The van der Waals surface area contributed by atoms with Crippen LogP contribution in [-0.2, 0) is 21.3 Å². The summed E-state index contributed by atoms with van der Waals surface area (Å²) in [6, 6.07) is 4.55. The van der Waals surface area contributed by atoms with E-state index in [9.17, 15) is 8.42 Å². The monoisotopic (exact) mass is 486 g/mol. The third-order valence-electron chi connectivity index (χ3n) is 3.30. The van der Waals surface area contributed by atoms with Gasteiger partial charge in [-0.05, 0) is 40.8 Å². The highest BCUT2D eigenvalue weighted by Gasteiger charge is 2.21. The first-order valence-corrected chi connectivity index (χ1v) is 14.2. The van der Waals surface area contributed by atoms with Gasteiger partial charge < -0.3 is 4.74 Å². The van der Waals surface area contributed by atoms with Crippen LogP contribution in [0.5, 0.6) is 0 Å². The molecule has 0 radical (unpaired) electrons. The summed E-state index contributed by atoms with van der Waals surface area (Å²) in [6.45, 7) is 7.60. The quantitative estimate of drug-likeness (QED) is 0.352. The van der Waals surface area contributed by atoms with E-state index in [1.165, 1.54) is 0 Å². The Hall–Kier alpha value is -0.163. The highest BCUT2D eigenvalue weighted by atomic mass is 127. The number of hydrogen-bond acceptors (Lipinski definition) is 4. The number of aromatic nitrogens is 2. The molecule has 0 fully saturated rings. The number of benzene rings is 1. The van der Waals surface area contributed by atoms with Gasteiger partial charge in [0.15, 0.2) is 0 Å². The molecule has 0 aliphatic rings. The van der Waals surface area contributed by atoms with Crippen molar-refractivity contribution in [3.05, 3.63) is 20.7 Å². The molecule has 0 atom stereocenters. The standard InChI is InChI=1S/C14H20ClIN2O3SSi/c1-22(19,20)14-17-12-7-10(15)11(16)8-13(12)18(14)9-21-5-6-23(2,3)4/h7-8H,5-6,9H2,1-4H3. The Bertz CT molecular complexity index is 831. The minimum absolute atomic E-state index is 0.0126. The lowest BCUT2D eigenvalue weighted by atomic mass is 10.3. The van der Waals surface area contributed by atoms with E-state index >= 15 is 0 Å². The summed E-state index contributed by atoms with van der Waals surface area (Å²) < 4.78 is 32.2. The minimum Gasteiger partial charge on any atom is -0.361 e. The molecule has 0 saturated carbocycles.